The van der Waals surface area contributed by atoms with Crippen molar-refractivity contribution in [3.05, 3.63) is 39.7 Å². The minimum absolute atomic E-state index is 0.229. The van der Waals surface area contributed by atoms with Crippen LogP contribution in [0.2, 0.25) is 0 Å². The first-order valence-electron chi connectivity index (χ1n) is 5.48. The summed E-state index contributed by atoms with van der Waals surface area (Å²) in [5.41, 5.74) is -3.10. The maximum absolute atomic E-state index is 12.7. The van der Waals surface area contributed by atoms with E-state index in [-0.39, 0.29) is 10.9 Å². The van der Waals surface area contributed by atoms with E-state index in [1.54, 1.807) is 0 Å². The highest BCUT2D eigenvalue weighted by Gasteiger charge is 2.35. The molecule has 21 heavy (non-hydrogen) atoms. The van der Waals surface area contributed by atoms with Gasteiger partial charge in [-0.1, -0.05) is 0 Å². The molecule has 1 heterocycles. The smallest absolute Gasteiger partial charge is 0.406 e. The molecule has 2 aromatic rings. The van der Waals surface area contributed by atoms with E-state index in [4.69, 9.17) is 0 Å². The molecule has 0 amide bonds. The Hall–Kier alpha value is -2.19. The van der Waals surface area contributed by atoms with Crippen LogP contribution in [-0.2, 0) is 6.18 Å². The van der Waals surface area contributed by atoms with E-state index in [1.807, 2.05) is 4.98 Å². The molecule has 0 fully saturated rings. The lowest BCUT2D eigenvalue weighted by Crippen LogP contribution is -2.20. The lowest BCUT2D eigenvalue weighted by atomic mass is 10.1. The van der Waals surface area contributed by atoms with Gasteiger partial charge in [0, 0.05) is 16.5 Å². The Balaban J connectivity index is 2.66. The third-order valence-corrected chi connectivity index (χ3v) is 2.73. The molecule has 9 heteroatoms. The van der Waals surface area contributed by atoms with E-state index in [2.05, 4.69) is 4.74 Å². The number of aromatic nitrogens is 1. The van der Waals surface area contributed by atoms with Gasteiger partial charge in [-0.3, -0.25) is 4.79 Å². The van der Waals surface area contributed by atoms with Crippen LogP contribution < -0.4 is 10.2 Å². The van der Waals surface area contributed by atoms with Crippen LogP contribution in [0.25, 0.3) is 10.9 Å². The highest BCUT2D eigenvalue weighted by molar-refractivity contribution is 5.81. The number of benzene rings is 1. The topological polar surface area (TPSA) is 42.1 Å². The zero-order valence-electron chi connectivity index (χ0n) is 10.3. The molecule has 0 aliphatic heterocycles. The van der Waals surface area contributed by atoms with E-state index < -0.39 is 35.0 Å². The van der Waals surface area contributed by atoms with E-state index in [0.717, 1.165) is 25.1 Å². The van der Waals surface area contributed by atoms with E-state index in [9.17, 15) is 31.1 Å². The highest BCUT2D eigenvalue weighted by atomic mass is 19.4. The van der Waals surface area contributed by atoms with Crippen molar-refractivity contribution in [2.45, 2.75) is 19.5 Å². The normalized spacial score (nSPS) is 12.7. The Morgan fingerprint density at radius 1 is 1.10 bits per heavy atom. The molecule has 114 valence electrons. The summed E-state index contributed by atoms with van der Waals surface area (Å²) >= 11 is 0. The molecule has 3 nitrogen and oxygen atoms in total. The summed E-state index contributed by atoms with van der Waals surface area (Å²) in [4.78, 5) is 13.9. The molecule has 0 aliphatic rings. The fourth-order valence-corrected chi connectivity index (χ4v) is 1.84. The van der Waals surface area contributed by atoms with Gasteiger partial charge in [-0.05, 0) is 25.1 Å². The van der Waals surface area contributed by atoms with Crippen molar-refractivity contribution in [3.63, 3.8) is 0 Å². The summed E-state index contributed by atoms with van der Waals surface area (Å²) in [6.07, 6.45) is -9.72. The minimum Gasteiger partial charge on any atom is -0.406 e. The first-order valence-corrected chi connectivity index (χ1v) is 5.48. The van der Waals surface area contributed by atoms with Gasteiger partial charge in [0.25, 0.3) is 0 Å². The van der Waals surface area contributed by atoms with Gasteiger partial charge in [0.1, 0.15) is 11.4 Å². The first-order chi connectivity index (χ1) is 9.49. The second kappa shape index (κ2) is 4.68. The molecule has 0 atom stereocenters. The summed E-state index contributed by atoms with van der Waals surface area (Å²) < 4.78 is 78.0. The fourth-order valence-electron chi connectivity index (χ4n) is 1.84. The van der Waals surface area contributed by atoms with Gasteiger partial charge in [-0.15, -0.1) is 13.2 Å². The van der Waals surface area contributed by atoms with Crippen LogP contribution >= 0.6 is 0 Å². The SMILES string of the molecule is Cc1c(C(F)(F)F)[nH]c2ccc(OC(F)(F)F)cc2c1=O. The maximum atomic E-state index is 12.7. The number of pyridine rings is 1. The van der Waals surface area contributed by atoms with E-state index >= 15 is 0 Å². The fraction of sp³-hybridized carbons (Fsp3) is 0.250. The van der Waals surface area contributed by atoms with Crippen LogP contribution in [-0.4, -0.2) is 11.3 Å². The summed E-state index contributed by atoms with van der Waals surface area (Å²) in [5.74, 6) is -0.681. The number of halogens is 6. The average Bonchev–Trinajstić information content (AvgIpc) is 2.31. The van der Waals surface area contributed by atoms with Crippen molar-refractivity contribution in [1.29, 1.82) is 0 Å². The molecule has 0 bridgehead atoms. The molecule has 0 radical (unpaired) electrons. The number of rotatable bonds is 1. The van der Waals surface area contributed by atoms with Gasteiger partial charge in [-0.25, -0.2) is 0 Å². The Kier molecular flexibility index (Phi) is 3.38. The molecular formula is C12H7F6NO2. The molecule has 1 aromatic heterocycles. The number of nitrogens with one attached hydrogen (secondary N) is 1. The van der Waals surface area contributed by atoms with Crippen molar-refractivity contribution in [2.24, 2.45) is 0 Å². The van der Waals surface area contributed by atoms with Crippen molar-refractivity contribution >= 4 is 10.9 Å². The number of aromatic amines is 1. The molecule has 1 aromatic carbocycles. The van der Waals surface area contributed by atoms with Gasteiger partial charge in [0.2, 0.25) is 0 Å². The van der Waals surface area contributed by atoms with Crippen LogP contribution in [0.3, 0.4) is 0 Å². The Morgan fingerprint density at radius 3 is 2.24 bits per heavy atom. The van der Waals surface area contributed by atoms with E-state index in [1.165, 1.54) is 0 Å². The van der Waals surface area contributed by atoms with Gasteiger partial charge in [0.05, 0.1) is 0 Å². The van der Waals surface area contributed by atoms with Crippen molar-refractivity contribution < 1.29 is 31.1 Å². The lowest BCUT2D eigenvalue weighted by Gasteiger charge is -2.13. The summed E-state index contributed by atoms with van der Waals surface area (Å²) in [6, 6.07) is 2.49. The molecule has 0 saturated heterocycles. The molecule has 1 N–H and O–H groups in total. The molecule has 0 unspecified atom stereocenters. The van der Waals surface area contributed by atoms with Gasteiger partial charge < -0.3 is 9.72 Å². The summed E-state index contributed by atoms with van der Waals surface area (Å²) in [7, 11) is 0. The van der Waals surface area contributed by atoms with Crippen LogP contribution in [0, 0.1) is 6.92 Å². The Morgan fingerprint density at radius 2 is 1.71 bits per heavy atom. The number of fused-ring (bicyclic) bond motifs is 1. The van der Waals surface area contributed by atoms with Crippen LogP contribution in [0.1, 0.15) is 11.3 Å². The molecule has 0 aliphatic carbocycles. The predicted molar refractivity (Wildman–Crippen MR) is 61.0 cm³/mol. The first kappa shape index (κ1) is 15.2. The molecule has 0 spiro atoms. The Bertz CT molecular complexity index is 744. The van der Waals surface area contributed by atoms with Gasteiger partial charge in [0.15, 0.2) is 5.43 Å². The summed E-state index contributed by atoms with van der Waals surface area (Å²) in [5, 5.41) is -0.317. The number of alkyl halides is 6. The summed E-state index contributed by atoms with van der Waals surface area (Å²) in [6.45, 7) is 0.943. The van der Waals surface area contributed by atoms with Crippen LogP contribution in [0.4, 0.5) is 26.3 Å². The molecule has 0 saturated carbocycles. The predicted octanol–water partition coefficient (Wildman–Crippen LogP) is 3.75. The molecular weight excluding hydrogens is 304 g/mol. The van der Waals surface area contributed by atoms with E-state index in [0.29, 0.717) is 0 Å². The maximum Gasteiger partial charge on any atom is 0.573 e. The zero-order chi connectivity index (χ0) is 16.0. The lowest BCUT2D eigenvalue weighted by molar-refractivity contribution is -0.274. The number of ether oxygens (including phenoxy) is 1. The zero-order valence-corrected chi connectivity index (χ0v) is 10.3. The largest absolute Gasteiger partial charge is 0.573 e. The second-order valence-electron chi connectivity index (χ2n) is 4.21. The number of hydrogen-bond acceptors (Lipinski definition) is 2. The van der Waals surface area contributed by atoms with Gasteiger partial charge in [-0.2, -0.15) is 13.2 Å². The highest BCUT2D eigenvalue weighted by Crippen LogP contribution is 2.31. The second-order valence-corrected chi connectivity index (χ2v) is 4.21. The quantitative estimate of drug-likeness (QED) is 0.815. The number of hydrogen-bond donors (Lipinski definition) is 1. The van der Waals surface area contributed by atoms with Crippen molar-refractivity contribution in [3.8, 4) is 5.75 Å². The minimum atomic E-state index is -4.96. The number of H-pyrrole nitrogens is 1. The Labute approximate surface area is 113 Å². The van der Waals surface area contributed by atoms with Crippen LogP contribution in [0.15, 0.2) is 23.0 Å². The van der Waals surface area contributed by atoms with Crippen LogP contribution in [0.5, 0.6) is 5.75 Å². The average molecular weight is 311 g/mol. The molecule has 2 rings (SSSR count). The standard InChI is InChI=1S/C12H7F6NO2/c1-5-9(20)7-4-6(21-12(16,17)18)2-3-8(7)19-10(5)11(13,14)15/h2-4H,1H3,(H,19,20). The monoisotopic (exact) mass is 311 g/mol. The third-order valence-electron chi connectivity index (χ3n) is 2.73. The van der Waals surface area contributed by atoms with Crippen molar-refractivity contribution in [2.75, 3.05) is 0 Å². The third kappa shape index (κ3) is 3.11. The van der Waals surface area contributed by atoms with Gasteiger partial charge >= 0.3 is 12.5 Å². The van der Waals surface area contributed by atoms with Crippen molar-refractivity contribution in [1.82, 2.24) is 4.98 Å².